The summed E-state index contributed by atoms with van der Waals surface area (Å²) in [4.78, 5) is 19.7. The molecule has 0 spiro atoms. The van der Waals surface area contributed by atoms with Gasteiger partial charge in [0.05, 0.1) is 17.8 Å². The number of carbonyl (C=O) groups excluding carboxylic acids is 1. The van der Waals surface area contributed by atoms with Gasteiger partial charge in [-0.1, -0.05) is 46.3 Å². The molecule has 6 nitrogen and oxygen atoms in total. The van der Waals surface area contributed by atoms with Gasteiger partial charge in [-0.25, -0.2) is 0 Å². The lowest BCUT2D eigenvalue weighted by molar-refractivity contribution is -0.116. The first-order valence-corrected chi connectivity index (χ1v) is 12.9. The molecule has 2 N–H and O–H groups in total. The Morgan fingerprint density at radius 3 is 2.56 bits per heavy atom. The third-order valence-corrected chi connectivity index (χ3v) is 7.27. The molecule has 8 heteroatoms. The van der Waals surface area contributed by atoms with Crippen LogP contribution in [0.3, 0.4) is 0 Å². The third kappa shape index (κ3) is 4.79. The fourth-order valence-corrected chi connectivity index (χ4v) is 5.58. The van der Waals surface area contributed by atoms with Crippen molar-refractivity contribution in [2.24, 2.45) is 0 Å². The molecule has 36 heavy (non-hydrogen) atoms. The Labute approximate surface area is 224 Å². The Morgan fingerprint density at radius 1 is 1.06 bits per heavy atom. The van der Waals surface area contributed by atoms with Crippen LogP contribution in [0.15, 0.2) is 89.5 Å². The Bertz CT molecular complexity index is 1410. The average Bonchev–Trinajstić information content (AvgIpc) is 3.35. The predicted molar refractivity (Wildman–Crippen MR) is 150 cm³/mol. The molecule has 1 fully saturated rings. The molecule has 5 rings (SSSR count). The number of pyridine rings is 1. The van der Waals surface area contributed by atoms with E-state index in [-0.39, 0.29) is 24.5 Å². The Hall–Kier alpha value is -3.49. The number of thiocarbonyl (C=S) groups is 1. The van der Waals surface area contributed by atoms with E-state index in [2.05, 4.69) is 68.2 Å². The van der Waals surface area contributed by atoms with Crippen molar-refractivity contribution >= 4 is 44.9 Å². The molecule has 2 aromatic heterocycles. The van der Waals surface area contributed by atoms with E-state index < -0.39 is 0 Å². The average molecular weight is 561 g/mol. The van der Waals surface area contributed by atoms with Gasteiger partial charge in [0, 0.05) is 33.4 Å². The number of aryl methyl sites for hydroxylation is 1. The maximum absolute atomic E-state index is 13.1. The first kappa shape index (κ1) is 24.2. The number of halogens is 1. The number of carbonyl (C=O) groups is 1. The minimum atomic E-state index is -0.207. The monoisotopic (exact) mass is 559 g/mol. The molecular weight excluding hydrogens is 534 g/mol. The molecule has 0 bridgehead atoms. The molecule has 1 amide bonds. The molecule has 0 unspecified atom stereocenters. The molecule has 1 aliphatic heterocycles. The number of anilines is 1. The van der Waals surface area contributed by atoms with E-state index in [1.54, 1.807) is 6.20 Å². The molecule has 0 saturated carbocycles. The van der Waals surface area contributed by atoms with Crippen molar-refractivity contribution in [2.75, 3.05) is 11.9 Å². The van der Waals surface area contributed by atoms with E-state index in [0.29, 0.717) is 5.11 Å². The van der Waals surface area contributed by atoms with E-state index in [1.807, 2.05) is 65.6 Å². The third-order valence-electron chi connectivity index (χ3n) is 6.42. The van der Waals surface area contributed by atoms with Gasteiger partial charge in [0.1, 0.15) is 6.54 Å². The number of nitrogens with one attached hydrogen (secondary N) is 2. The van der Waals surface area contributed by atoms with Crippen molar-refractivity contribution < 1.29 is 4.79 Å². The summed E-state index contributed by atoms with van der Waals surface area (Å²) in [6.07, 6.45) is 1.78. The Kier molecular flexibility index (Phi) is 6.89. The number of nitrogens with zero attached hydrogens (tertiary/aromatic N) is 3. The number of para-hydroxylation sites is 1. The SMILES string of the molecule is Cc1cc([C@@H]2[C@@H](c3ccccn3)NC(=S)N2CC(=O)Nc2ccccc2)c(C)n1-c1cccc(Br)c1. The van der Waals surface area contributed by atoms with Crippen LogP contribution in [-0.2, 0) is 4.79 Å². The van der Waals surface area contributed by atoms with Crippen LogP contribution < -0.4 is 10.6 Å². The fourth-order valence-electron chi connectivity index (χ4n) is 4.89. The van der Waals surface area contributed by atoms with Crippen LogP contribution in [-0.4, -0.2) is 32.0 Å². The summed E-state index contributed by atoms with van der Waals surface area (Å²) < 4.78 is 3.25. The predicted octanol–water partition coefficient (Wildman–Crippen LogP) is 5.86. The zero-order valence-electron chi connectivity index (χ0n) is 20.0. The summed E-state index contributed by atoms with van der Waals surface area (Å²) in [5.41, 5.74) is 6.00. The highest BCUT2D eigenvalue weighted by atomic mass is 79.9. The van der Waals surface area contributed by atoms with Gasteiger partial charge < -0.3 is 20.1 Å². The molecule has 3 heterocycles. The van der Waals surface area contributed by atoms with Crippen molar-refractivity contribution in [3.63, 3.8) is 0 Å². The van der Waals surface area contributed by atoms with E-state index >= 15 is 0 Å². The molecule has 2 atom stereocenters. The number of hydrogen-bond donors (Lipinski definition) is 2. The number of hydrogen-bond acceptors (Lipinski definition) is 3. The first-order valence-electron chi connectivity index (χ1n) is 11.7. The van der Waals surface area contributed by atoms with Gasteiger partial charge in [-0.15, -0.1) is 0 Å². The highest BCUT2D eigenvalue weighted by Crippen LogP contribution is 2.41. The molecular formula is C28H26BrN5OS. The summed E-state index contributed by atoms with van der Waals surface area (Å²) in [6.45, 7) is 4.33. The maximum Gasteiger partial charge on any atom is 0.244 e. The second-order valence-electron chi connectivity index (χ2n) is 8.81. The van der Waals surface area contributed by atoms with Gasteiger partial charge in [0.25, 0.3) is 0 Å². The standard InChI is InChI=1S/C28H26BrN5OS/c1-18-15-23(19(2)34(18)22-12-8-9-20(29)16-22)27-26(24-13-6-7-14-30-24)32-28(36)33(27)17-25(35)31-21-10-4-3-5-11-21/h3-16,26-27H,17H2,1-2H3,(H,31,35)(H,32,36)/t26-,27-/m1/s1. The smallest absolute Gasteiger partial charge is 0.244 e. The summed E-state index contributed by atoms with van der Waals surface area (Å²) >= 11 is 9.36. The van der Waals surface area contributed by atoms with Crippen molar-refractivity contribution in [3.8, 4) is 5.69 Å². The van der Waals surface area contributed by atoms with Crippen LogP contribution >= 0.6 is 28.1 Å². The van der Waals surface area contributed by atoms with E-state index in [9.17, 15) is 4.79 Å². The van der Waals surface area contributed by atoms with Crippen LogP contribution in [0, 0.1) is 13.8 Å². The second-order valence-corrected chi connectivity index (χ2v) is 10.1. The quantitative estimate of drug-likeness (QED) is 0.289. The number of aromatic nitrogens is 2. The number of benzene rings is 2. The minimum Gasteiger partial charge on any atom is -0.352 e. The summed E-state index contributed by atoms with van der Waals surface area (Å²) in [5, 5.41) is 6.96. The largest absolute Gasteiger partial charge is 0.352 e. The maximum atomic E-state index is 13.1. The van der Waals surface area contributed by atoms with Gasteiger partial charge in [0.15, 0.2) is 5.11 Å². The zero-order chi connectivity index (χ0) is 25.2. The van der Waals surface area contributed by atoms with E-state index in [4.69, 9.17) is 12.2 Å². The highest BCUT2D eigenvalue weighted by molar-refractivity contribution is 9.10. The normalized spacial score (nSPS) is 17.2. The van der Waals surface area contributed by atoms with Crippen molar-refractivity contribution in [1.82, 2.24) is 19.8 Å². The van der Waals surface area contributed by atoms with Crippen LogP contribution in [0.4, 0.5) is 5.69 Å². The van der Waals surface area contributed by atoms with Gasteiger partial charge in [-0.3, -0.25) is 9.78 Å². The Morgan fingerprint density at radius 2 is 1.83 bits per heavy atom. The van der Waals surface area contributed by atoms with Gasteiger partial charge in [-0.05, 0) is 80.2 Å². The van der Waals surface area contributed by atoms with Crippen molar-refractivity contribution in [2.45, 2.75) is 25.9 Å². The topological polar surface area (TPSA) is 62.2 Å². The molecule has 2 aromatic carbocycles. The second kappa shape index (κ2) is 10.2. The molecule has 0 aliphatic carbocycles. The lowest BCUT2D eigenvalue weighted by Gasteiger charge is -2.27. The molecule has 1 saturated heterocycles. The van der Waals surface area contributed by atoms with E-state index in [0.717, 1.165) is 38.5 Å². The lowest BCUT2D eigenvalue weighted by atomic mass is 9.96. The molecule has 182 valence electrons. The summed E-state index contributed by atoms with van der Waals surface area (Å²) in [6, 6.07) is 25.3. The van der Waals surface area contributed by atoms with E-state index in [1.165, 1.54) is 0 Å². The summed E-state index contributed by atoms with van der Waals surface area (Å²) in [7, 11) is 0. The van der Waals surface area contributed by atoms with Crippen LogP contribution in [0.5, 0.6) is 0 Å². The lowest BCUT2D eigenvalue weighted by Crippen LogP contribution is -2.37. The first-order chi connectivity index (χ1) is 17.4. The highest BCUT2D eigenvalue weighted by Gasteiger charge is 2.42. The van der Waals surface area contributed by atoms with Crippen LogP contribution in [0.2, 0.25) is 0 Å². The van der Waals surface area contributed by atoms with Crippen molar-refractivity contribution in [1.29, 1.82) is 0 Å². The number of rotatable bonds is 6. The van der Waals surface area contributed by atoms with Crippen molar-refractivity contribution in [3.05, 3.63) is 112 Å². The van der Waals surface area contributed by atoms with Gasteiger partial charge in [-0.2, -0.15) is 0 Å². The van der Waals surface area contributed by atoms with Gasteiger partial charge in [0.2, 0.25) is 5.91 Å². The Balaban J connectivity index is 1.54. The van der Waals surface area contributed by atoms with Crippen LogP contribution in [0.25, 0.3) is 5.69 Å². The zero-order valence-corrected chi connectivity index (χ0v) is 22.4. The minimum absolute atomic E-state index is 0.120. The molecule has 0 radical (unpaired) electrons. The molecule has 4 aromatic rings. The number of amides is 1. The van der Waals surface area contributed by atoms with Crippen LogP contribution in [0.1, 0.15) is 34.7 Å². The van der Waals surface area contributed by atoms with Gasteiger partial charge >= 0.3 is 0 Å². The molecule has 1 aliphatic rings. The summed E-state index contributed by atoms with van der Waals surface area (Å²) in [5.74, 6) is -0.127. The fraction of sp³-hybridized carbons (Fsp3) is 0.179.